The fraction of sp³-hybridized carbons (Fsp3) is 0.267. The van der Waals surface area contributed by atoms with Crippen LogP contribution in [0, 0.1) is 12.7 Å². The first-order valence-electron chi connectivity index (χ1n) is 13.1. The van der Waals surface area contributed by atoms with Crippen molar-refractivity contribution >= 4 is 23.4 Å². The Labute approximate surface area is 237 Å². The summed E-state index contributed by atoms with van der Waals surface area (Å²) in [6.07, 6.45) is 2.05. The van der Waals surface area contributed by atoms with Gasteiger partial charge in [0.2, 0.25) is 0 Å². The number of carbonyl (C=O) groups is 2. The normalized spacial score (nSPS) is 11.2. The predicted octanol–water partition coefficient (Wildman–Crippen LogP) is 5.56. The van der Waals surface area contributed by atoms with Gasteiger partial charge in [0.25, 0.3) is 5.91 Å². The van der Waals surface area contributed by atoms with Gasteiger partial charge in [-0.2, -0.15) is 5.10 Å². The Kier molecular flexibility index (Phi) is 8.98. The number of nitrogens with zero attached hydrogens (tertiary/aromatic N) is 3. The van der Waals surface area contributed by atoms with E-state index >= 15 is 0 Å². The Morgan fingerprint density at radius 2 is 1.80 bits per heavy atom. The van der Waals surface area contributed by atoms with Gasteiger partial charge in [-0.25, -0.2) is 13.9 Å². The Morgan fingerprint density at radius 3 is 2.51 bits per heavy atom. The Balaban J connectivity index is 1.53. The zero-order valence-electron chi connectivity index (χ0n) is 23.4. The van der Waals surface area contributed by atoms with Crippen molar-refractivity contribution < 1.29 is 23.8 Å². The van der Waals surface area contributed by atoms with E-state index < -0.39 is 11.8 Å². The van der Waals surface area contributed by atoms with E-state index in [9.17, 15) is 14.0 Å². The number of hydrogen-bond donors (Lipinski definition) is 4. The molecule has 0 fully saturated rings. The molecule has 0 spiro atoms. The molecular weight excluding hydrogens is 527 g/mol. The maximum absolute atomic E-state index is 14.9. The van der Waals surface area contributed by atoms with E-state index in [1.54, 1.807) is 54.7 Å². The number of aliphatic hydroxyl groups is 1. The molecule has 4 aromatic rings. The summed E-state index contributed by atoms with van der Waals surface area (Å²) in [6, 6.07) is 15.4. The molecule has 0 atom stereocenters. The second kappa shape index (κ2) is 12.6. The molecule has 2 aromatic carbocycles. The quantitative estimate of drug-likeness (QED) is 0.198. The number of aryl methyl sites for hydroxylation is 1. The first-order chi connectivity index (χ1) is 19.5. The standard InChI is InChI=1S/C30H33FN6O4/c1-19-15-23(11-13-32-19)41-22-9-10-25(24(31)17-22)34-29(40)35-27-18-26(30(2,3)4)36-37(27)21-8-5-7-20(16-21)28(39)33-12-6-14-38/h5,7-11,13,15-18,38H,6,12,14H2,1-4H3,(H,33,39)(H2,34,35,40). The number of rotatable bonds is 9. The number of aliphatic hydroxyl groups excluding tert-OH is 1. The lowest BCUT2D eigenvalue weighted by molar-refractivity contribution is 0.0951. The highest BCUT2D eigenvalue weighted by Crippen LogP contribution is 2.28. The summed E-state index contributed by atoms with van der Waals surface area (Å²) in [7, 11) is 0. The van der Waals surface area contributed by atoms with Crippen LogP contribution in [0.1, 0.15) is 48.9 Å². The van der Waals surface area contributed by atoms with Gasteiger partial charge in [-0.1, -0.05) is 26.8 Å². The lowest BCUT2D eigenvalue weighted by Crippen LogP contribution is -2.25. The number of anilines is 2. The van der Waals surface area contributed by atoms with Gasteiger partial charge in [0.05, 0.1) is 17.1 Å². The number of aromatic nitrogens is 3. The van der Waals surface area contributed by atoms with Gasteiger partial charge in [0.15, 0.2) is 0 Å². The van der Waals surface area contributed by atoms with Crippen LogP contribution in [-0.4, -0.2) is 45.0 Å². The van der Waals surface area contributed by atoms with Crippen LogP contribution in [0.4, 0.5) is 20.7 Å². The SMILES string of the molecule is Cc1cc(Oc2ccc(NC(=O)Nc3cc(C(C)(C)C)nn3-c3cccc(C(=O)NCCCO)c3)c(F)c2)ccn1. The molecule has 41 heavy (non-hydrogen) atoms. The molecule has 2 heterocycles. The van der Waals surface area contributed by atoms with Crippen molar-refractivity contribution in [3.05, 3.63) is 89.6 Å². The Bertz CT molecular complexity index is 1550. The van der Waals surface area contributed by atoms with Crippen LogP contribution < -0.4 is 20.7 Å². The van der Waals surface area contributed by atoms with Crippen molar-refractivity contribution in [2.45, 2.75) is 39.5 Å². The summed E-state index contributed by atoms with van der Waals surface area (Å²) >= 11 is 0. The minimum Gasteiger partial charge on any atom is -0.457 e. The van der Waals surface area contributed by atoms with Crippen molar-refractivity contribution in [3.63, 3.8) is 0 Å². The monoisotopic (exact) mass is 560 g/mol. The minimum absolute atomic E-state index is 0.0204. The van der Waals surface area contributed by atoms with E-state index in [0.29, 0.717) is 41.5 Å². The molecule has 10 nitrogen and oxygen atoms in total. The molecule has 2 aromatic heterocycles. The summed E-state index contributed by atoms with van der Waals surface area (Å²) < 4.78 is 22.1. The van der Waals surface area contributed by atoms with Gasteiger partial charge < -0.3 is 20.5 Å². The van der Waals surface area contributed by atoms with Gasteiger partial charge in [-0.15, -0.1) is 0 Å². The third kappa shape index (κ3) is 7.67. The van der Waals surface area contributed by atoms with E-state index in [1.807, 2.05) is 27.7 Å². The first kappa shape index (κ1) is 29.2. The second-order valence-electron chi connectivity index (χ2n) is 10.4. The van der Waals surface area contributed by atoms with Crippen molar-refractivity contribution in [1.29, 1.82) is 0 Å². The van der Waals surface area contributed by atoms with Crippen LogP contribution >= 0.6 is 0 Å². The molecule has 0 saturated heterocycles. The predicted molar refractivity (Wildman–Crippen MR) is 154 cm³/mol. The first-order valence-corrected chi connectivity index (χ1v) is 13.1. The van der Waals surface area contributed by atoms with Gasteiger partial charge in [-0.3, -0.25) is 15.1 Å². The molecule has 4 N–H and O–H groups in total. The molecule has 3 amide bonds. The van der Waals surface area contributed by atoms with Crippen LogP contribution in [0.15, 0.2) is 66.9 Å². The zero-order valence-corrected chi connectivity index (χ0v) is 23.4. The third-order valence-electron chi connectivity index (χ3n) is 5.99. The highest BCUT2D eigenvalue weighted by Gasteiger charge is 2.22. The van der Waals surface area contributed by atoms with E-state index in [0.717, 1.165) is 5.69 Å². The summed E-state index contributed by atoms with van der Waals surface area (Å²) in [4.78, 5) is 29.6. The largest absolute Gasteiger partial charge is 0.457 e. The topological polar surface area (TPSA) is 130 Å². The lowest BCUT2D eigenvalue weighted by atomic mass is 9.92. The van der Waals surface area contributed by atoms with Crippen LogP contribution in [0.3, 0.4) is 0 Å². The number of hydrogen-bond acceptors (Lipinski definition) is 6. The molecule has 4 rings (SSSR count). The third-order valence-corrected chi connectivity index (χ3v) is 5.99. The van der Waals surface area contributed by atoms with Crippen molar-refractivity contribution in [1.82, 2.24) is 20.1 Å². The number of nitrogens with one attached hydrogen (secondary N) is 3. The second-order valence-corrected chi connectivity index (χ2v) is 10.4. The number of pyridine rings is 1. The maximum Gasteiger partial charge on any atom is 0.324 e. The molecule has 0 aliphatic carbocycles. The maximum atomic E-state index is 14.9. The lowest BCUT2D eigenvalue weighted by Gasteiger charge is -2.14. The Morgan fingerprint density at radius 1 is 1.02 bits per heavy atom. The van der Waals surface area contributed by atoms with E-state index in [4.69, 9.17) is 9.84 Å². The fourth-order valence-corrected chi connectivity index (χ4v) is 3.85. The molecule has 0 bridgehead atoms. The molecule has 0 saturated carbocycles. The number of halogens is 1. The fourth-order valence-electron chi connectivity index (χ4n) is 3.85. The number of carbonyl (C=O) groups excluding carboxylic acids is 2. The summed E-state index contributed by atoms with van der Waals surface area (Å²) in [5.74, 6) is 0.154. The Hall–Kier alpha value is -4.77. The van der Waals surface area contributed by atoms with E-state index in [1.165, 1.54) is 16.8 Å². The summed E-state index contributed by atoms with van der Waals surface area (Å²) in [5.41, 5.74) is 2.03. The van der Waals surface area contributed by atoms with Gasteiger partial charge >= 0.3 is 6.03 Å². The zero-order chi connectivity index (χ0) is 29.6. The van der Waals surface area contributed by atoms with Crippen LogP contribution in [0.2, 0.25) is 0 Å². The van der Waals surface area contributed by atoms with Crippen molar-refractivity contribution in [2.24, 2.45) is 0 Å². The smallest absolute Gasteiger partial charge is 0.324 e. The molecule has 11 heteroatoms. The van der Waals surface area contributed by atoms with Gasteiger partial charge in [0, 0.05) is 54.2 Å². The molecule has 0 radical (unpaired) electrons. The van der Waals surface area contributed by atoms with Gasteiger partial charge in [-0.05, 0) is 49.7 Å². The minimum atomic E-state index is -0.679. The molecule has 0 aliphatic rings. The average Bonchev–Trinajstić information content (AvgIpc) is 3.35. The van der Waals surface area contributed by atoms with Crippen LogP contribution in [0.5, 0.6) is 11.5 Å². The average molecular weight is 561 g/mol. The van der Waals surface area contributed by atoms with Crippen molar-refractivity contribution in [2.75, 3.05) is 23.8 Å². The van der Waals surface area contributed by atoms with E-state index in [2.05, 4.69) is 26.0 Å². The van der Waals surface area contributed by atoms with Crippen molar-refractivity contribution in [3.8, 4) is 17.2 Å². The molecular formula is C30H33FN6O4. The van der Waals surface area contributed by atoms with Gasteiger partial charge in [0.1, 0.15) is 23.1 Å². The number of amides is 3. The molecule has 0 unspecified atom stereocenters. The summed E-state index contributed by atoms with van der Waals surface area (Å²) in [5, 5.41) is 21.7. The van der Waals surface area contributed by atoms with Crippen LogP contribution in [0.25, 0.3) is 5.69 Å². The number of urea groups is 1. The highest BCUT2D eigenvalue weighted by atomic mass is 19.1. The molecule has 214 valence electrons. The highest BCUT2D eigenvalue weighted by molar-refractivity contribution is 5.99. The summed E-state index contributed by atoms with van der Waals surface area (Å²) in [6.45, 7) is 8.11. The van der Waals surface area contributed by atoms with E-state index in [-0.39, 0.29) is 29.4 Å². The molecule has 0 aliphatic heterocycles. The van der Waals surface area contributed by atoms with Crippen LogP contribution in [-0.2, 0) is 5.41 Å². The number of benzene rings is 2. The number of ether oxygens (including phenoxy) is 1.